The monoisotopic (exact) mass is 450 g/mol. The number of sulfonamides is 1. The summed E-state index contributed by atoms with van der Waals surface area (Å²) in [7, 11) is -3.65. The van der Waals surface area contributed by atoms with Crippen LogP contribution in [0.4, 0.5) is 0 Å². The summed E-state index contributed by atoms with van der Waals surface area (Å²) in [6.45, 7) is 3.70. The molecule has 0 aromatic heterocycles. The second-order valence-electron chi connectivity index (χ2n) is 7.88. The van der Waals surface area contributed by atoms with E-state index in [1.807, 2.05) is 30.0 Å². The number of rotatable bonds is 7. The van der Waals surface area contributed by atoms with Crippen LogP contribution in [0.2, 0.25) is 0 Å². The maximum atomic E-state index is 13.2. The third-order valence-corrected chi connectivity index (χ3v) is 7.60. The van der Waals surface area contributed by atoms with Crippen molar-refractivity contribution in [3.8, 4) is 12.1 Å². The molecule has 2 aromatic carbocycles. The standard InChI is InChI=1S/C24H26N4O3S/c1-2-13-27(18-21-5-3-19(16-25)4-6-21)24(29)22-11-14-28(15-12-22)32(30,31)23-9-7-20(17-26)8-10-23/h3-10,22H,2,11-15,18H2,1H3. The highest BCUT2D eigenvalue weighted by Crippen LogP contribution is 2.26. The molecule has 7 nitrogen and oxygen atoms in total. The van der Waals surface area contributed by atoms with Crippen LogP contribution in [-0.4, -0.2) is 43.2 Å². The molecule has 0 saturated carbocycles. The van der Waals surface area contributed by atoms with E-state index in [4.69, 9.17) is 10.5 Å². The number of nitriles is 2. The van der Waals surface area contributed by atoms with E-state index in [1.165, 1.54) is 28.6 Å². The van der Waals surface area contributed by atoms with E-state index in [1.54, 1.807) is 12.1 Å². The molecule has 1 saturated heterocycles. The molecule has 32 heavy (non-hydrogen) atoms. The highest BCUT2D eigenvalue weighted by Gasteiger charge is 2.33. The largest absolute Gasteiger partial charge is 0.338 e. The molecule has 8 heteroatoms. The van der Waals surface area contributed by atoms with Crippen molar-refractivity contribution in [2.45, 2.75) is 37.6 Å². The lowest BCUT2D eigenvalue weighted by Crippen LogP contribution is -2.44. The predicted octanol–water partition coefficient (Wildman–Crippen LogP) is 3.27. The summed E-state index contributed by atoms with van der Waals surface area (Å²) in [6.07, 6.45) is 1.78. The van der Waals surface area contributed by atoms with Crippen molar-refractivity contribution in [1.82, 2.24) is 9.21 Å². The van der Waals surface area contributed by atoms with Gasteiger partial charge in [0.1, 0.15) is 0 Å². The first-order chi connectivity index (χ1) is 15.4. The molecular weight excluding hydrogens is 424 g/mol. The smallest absolute Gasteiger partial charge is 0.243 e. The van der Waals surface area contributed by atoms with Gasteiger partial charge in [-0.2, -0.15) is 14.8 Å². The molecule has 2 aromatic rings. The molecule has 0 atom stereocenters. The highest BCUT2D eigenvalue weighted by atomic mass is 32.2. The molecule has 1 amide bonds. The van der Waals surface area contributed by atoms with Gasteiger partial charge < -0.3 is 4.90 Å². The van der Waals surface area contributed by atoms with Gasteiger partial charge in [-0.25, -0.2) is 8.42 Å². The Hall–Kier alpha value is -3.20. The molecule has 0 bridgehead atoms. The molecule has 1 fully saturated rings. The number of benzene rings is 2. The van der Waals surface area contributed by atoms with Gasteiger partial charge in [-0.15, -0.1) is 0 Å². The molecule has 0 radical (unpaired) electrons. The van der Waals surface area contributed by atoms with Crippen LogP contribution in [0.1, 0.15) is 42.9 Å². The van der Waals surface area contributed by atoms with Gasteiger partial charge in [0.05, 0.1) is 28.2 Å². The fourth-order valence-electron chi connectivity index (χ4n) is 3.89. The zero-order chi connectivity index (χ0) is 23.1. The van der Waals surface area contributed by atoms with Crippen molar-refractivity contribution in [2.24, 2.45) is 5.92 Å². The zero-order valence-electron chi connectivity index (χ0n) is 18.1. The number of hydrogen-bond donors (Lipinski definition) is 0. The summed E-state index contributed by atoms with van der Waals surface area (Å²) in [5, 5.41) is 17.9. The van der Waals surface area contributed by atoms with Gasteiger partial charge in [0.25, 0.3) is 0 Å². The second-order valence-corrected chi connectivity index (χ2v) is 9.82. The summed E-state index contributed by atoms with van der Waals surface area (Å²) in [6, 6.07) is 17.2. The summed E-state index contributed by atoms with van der Waals surface area (Å²) in [5.41, 5.74) is 1.95. The molecular formula is C24H26N4O3S. The first kappa shape index (κ1) is 23.5. The van der Waals surface area contributed by atoms with Crippen molar-refractivity contribution >= 4 is 15.9 Å². The van der Waals surface area contributed by atoms with E-state index in [2.05, 4.69) is 6.07 Å². The van der Waals surface area contributed by atoms with Gasteiger partial charge >= 0.3 is 0 Å². The Morgan fingerprint density at radius 1 is 1.00 bits per heavy atom. The van der Waals surface area contributed by atoms with Crippen LogP contribution >= 0.6 is 0 Å². The zero-order valence-corrected chi connectivity index (χ0v) is 18.9. The SMILES string of the molecule is CCCN(Cc1ccc(C#N)cc1)C(=O)C1CCN(S(=O)(=O)c2ccc(C#N)cc2)CC1. The molecule has 0 aliphatic carbocycles. The van der Waals surface area contributed by atoms with Gasteiger partial charge in [-0.1, -0.05) is 19.1 Å². The van der Waals surface area contributed by atoms with Crippen molar-refractivity contribution in [3.05, 3.63) is 65.2 Å². The van der Waals surface area contributed by atoms with Crippen LogP contribution in [0, 0.1) is 28.6 Å². The van der Waals surface area contributed by atoms with Crippen LogP contribution in [-0.2, 0) is 21.4 Å². The Labute approximate surface area is 189 Å². The number of nitrogens with zero attached hydrogens (tertiary/aromatic N) is 4. The number of amides is 1. The molecule has 1 aliphatic heterocycles. The first-order valence-electron chi connectivity index (χ1n) is 10.7. The van der Waals surface area contributed by atoms with Gasteiger partial charge in [0, 0.05) is 32.1 Å². The summed E-state index contributed by atoms with van der Waals surface area (Å²) < 4.78 is 27.3. The molecule has 0 N–H and O–H groups in total. The lowest BCUT2D eigenvalue weighted by Gasteiger charge is -2.33. The topological polar surface area (TPSA) is 105 Å². The Morgan fingerprint density at radius 3 is 2.03 bits per heavy atom. The molecule has 1 heterocycles. The van der Waals surface area contributed by atoms with E-state index in [0.717, 1.165) is 12.0 Å². The quantitative estimate of drug-likeness (QED) is 0.644. The fraction of sp³-hybridized carbons (Fsp3) is 0.375. The Bertz CT molecular complexity index is 1120. The van der Waals surface area contributed by atoms with E-state index < -0.39 is 10.0 Å². The van der Waals surface area contributed by atoms with Crippen LogP contribution in [0.5, 0.6) is 0 Å². The van der Waals surface area contributed by atoms with Gasteiger partial charge in [0.15, 0.2) is 0 Å². The highest BCUT2D eigenvalue weighted by molar-refractivity contribution is 7.89. The Morgan fingerprint density at radius 2 is 1.53 bits per heavy atom. The van der Waals surface area contributed by atoms with E-state index in [-0.39, 0.29) is 29.8 Å². The van der Waals surface area contributed by atoms with Crippen LogP contribution < -0.4 is 0 Å². The lowest BCUT2D eigenvalue weighted by molar-refractivity contribution is -0.137. The minimum atomic E-state index is -3.65. The van der Waals surface area contributed by atoms with E-state index in [0.29, 0.717) is 37.1 Å². The summed E-state index contributed by atoms with van der Waals surface area (Å²) >= 11 is 0. The van der Waals surface area contributed by atoms with Gasteiger partial charge in [-0.05, 0) is 61.2 Å². The first-order valence-corrected chi connectivity index (χ1v) is 12.1. The van der Waals surface area contributed by atoms with Crippen molar-refractivity contribution in [2.75, 3.05) is 19.6 Å². The minimum absolute atomic E-state index is 0.0478. The molecule has 3 rings (SSSR count). The molecule has 1 aliphatic rings. The predicted molar refractivity (Wildman–Crippen MR) is 120 cm³/mol. The third-order valence-electron chi connectivity index (χ3n) is 5.69. The normalized spacial score (nSPS) is 15.0. The Kier molecular flexibility index (Phi) is 7.63. The maximum absolute atomic E-state index is 13.2. The molecule has 0 spiro atoms. The average Bonchev–Trinajstić information content (AvgIpc) is 2.84. The number of carbonyl (C=O) groups is 1. The number of carbonyl (C=O) groups excluding carboxylic acids is 1. The van der Waals surface area contributed by atoms with Crippen molar-refractivity contribution in [1.29, 1.82) is 10.5 Å². The van der Waals surface area contributed by atoms with E-state index >= 15 is 0 Å². The summed E-state index contributed by atoms with van der Waals surface area (Å²) in [4.78, 5) is 15.2. The van der Waals surface area contributed by atoms with Crippen LogP contribution in [0.25, 0.3) is 0 Å². The van der Waals surface area contributed by atoms with Crippen LogP contribution in [0.3, 0.4) is 0 Å². The van der Waals surface area contributed by atoms with Crippen molar-refractivity contribution < 1.29 is 13.2 Å². The second kappa shape index (κ2) is 10.4. The van der Waals surface area contributed by atoms with Gasteiger partial charge in [-0.3, -0.25) is 4.79 Å². The summed E-state index contributed by atoms with van der Waals surface area (Å²) in [5.74, 6) is -0.168. The Balaban J connectivity index is 1.64. The fourth-order valence-corrected chi connectivity index (χ4v) is 5.36. The third kappa shape index (κ3) is 5.34. The number of piperidine rings is 1. The van der Waals surface area contributed by atoms with Gasteiger partial charge in [0.2, 0.25) is 15.9 Å². The number of hydrogen-bond acceptors (Lipinski definition) is 5. The maximum Gasteiger partial charge on any atom is 0.243 e. The van der Waals surface area contributed by atoms with E-state index in [9.17, 15) is 13.2 Å². The van der Waals surface area contributed by atoms with Crippen molar-refractivity contribution in [3.63, 3.8) is 0 Å². The van der Waals surface area contributed by atoms with Crippen LogP contribution in [0.15, 0.2) is 53.4 Å². The lowest BCUT2D eigenvalue weighted by atomic mass is 9.96. The molecule has 166 valence electrons. The average molecular weight is 451 g/mol. The molecule has 0 unspecified atom stereocenters. The minimum Gasteiger partial charge on any atom is -0.338 e.